The SMILES string of the molecule is C=CC(=O)N1CCC(Cn2c(=O)c(=O)n(-c3c(C)ccnc3C(C)C)c3nc(-c4c(C)ccc5[nH]ncc45)c(Cl)cc32)CC1. The molecule has 5 aromatic rings. The number of likely N-dealkylation sites (tertiary alicyclic amines) is 1. The van der Waals surface area contributed by atoms with E-state index in [0.717, 1.165) is 27.6 Å². The van der Waals surface area contributed by atoms with Crippen LogP contribution in [0.15, 0.2) is 58.9 Å². The number of halogens is 1. The second-order valence-electron chi connectivity index (χ2n) is 11.8. The minimum Gasteiger partial charge on any atom is -0.339 e. The molecule has 10 nitrogen and oxygen atoms in total. The maximum Gasteiger partial charge on any atom is 0.322 e. The predicted molar refractivity (Wildman–Crippen MR) is 173 cm³/mol. The summed E-state index contributed by atoms with van der Waals surface area (Å²) < 4.78 is 2.93. The summed E-state index contributed by atoms with van der Waals surface area (Å²) in [5.41, 5.74) is 4.54. The van der Waals surface area contributed by atoms with E-state index in [2.05, 4.69) is 21.8 Å². The monoisotopic (exact) mass is 611 g/mol. The van der Waals surface area contributed by atoms with Gasteiger partial charge in [0.25, 0.3) is 0 Å². The fourth-order valence-electron chi connectivity index (χ4n) is 6.26. The third kappa shape index (κ3) is 4.93. The lowest BCUT2D eigenvalue weighted by Crippen LogP contribution is -2.44. The lowest BCUT2D eigenvalue weighted by atomic mass is 9.96. The highest BCUT2D eigenvalue weighted by atomic mass is 35.5. The van der Waals surface area contributed by atoms with Crippen molar-refractivity contribution in [2.75, 3.05) is 13.1 Å². The van der Waals surface area contributed by atoms with Gasteiger partial charge in [0, 0.05) is 36.8 Å². The van der Waals surface area contributed by atoms with Crippen LogP contribution in [-0.2, 0) is 11.3 Å². The molecule has 0 spiro atoms. The van der Waals surface area contributed by atoms with Crippen molar-refractivity contribution < 1.29 is 4.79 Å². The molecule has 1 aliphatic heterocycles. The third-order valence-corrected chi connectivity index (χ3v) is 8.89. The van der Waals surface area contributed by atoms with Crippen LogP contribution in [0.3, 0.4) is 0 Å². The number of rotatable bonds is 6. The van der Waals surface area contributed by atoms with Crippen LogP contribution in [0.5, 0.6) is 0 Å². The molecule has 6 rings (SSSR count). The number of aromatic amines is 1. The highest BCUT2D eigenvalue weighted by molar-refractivity contribution is 6.34. The fraction of sp³-hybridized carbons (Fsp3) is 0.333. The van der Waals surface area contributed by atoms with E-state index in [-0.39, 0.29) is 17.7 Å². The molecular formula is C33H34ClN7O3. The first kappa shape index (κ1) is 29.5. The number of aromatic nitrogens is 6. The average Bonchev–Trinajstić information content (AvgIpc) is 3.49. The van der Waals surface area contributed by atoms with Gasteiger partial charge in [-0.15, -0.1) is 0 Å². The summed E-state index contributed by atoms with van der Waals surface area (Å²) in [4.78, 5) is 51.7. The zero-order valence-electron chi connectivity index (χ0n) is 25.2. The Labute approximate surface area is 259 Å². The molecule has 1 fully saturated rings. The number of hydrogen-bond acceptors (Lipinski definition) is 6. The molecule has 1 amide bonds. The molecule has 0 bridgehead atoms. The van der Waals surface area contributed by atoms with Crippen molar-refractivity contribution in [3.63, 3.8) is 0 Å². The van der Waals surface area contributed by atoms with E-state index in [1.807, 2.05) is 45.9 Å². The molecule has 1 aliphatic rings. The van der Waals surface area contributed by atoms with Crippen LogP contribution >= 0.6 is 11.6 Å². The van der Waals surface area contributed by atoms with Crippen LogP contribution in [0.4, 0.5) is 0 Å². The van der Waals surface area contributed by atoms with Crippen LogP contribution in [0.2, 0.25) is 5.02 Å². The lowest BCUT2D eigenvalue weighted by molar-refractivity contribution is -0.127. The van der Waals surface area contributed by atoms with E-state index in [0.29, 0.717) is 65.7 Å². The summed E-state index contributed by atoms with van der Waals surface area (Å²) in [6.45, 7) is 12.9. The number of carbonyl (C=O) groups is 1. The summed E-state index contributed by atoms with van der Waals surface area (Å²) in [6.07, 6.45) is 6.15. The topological polar surface area (TPSA) is 119 Å². The van der Waals surface area contributed by atoms with E-state index in [1.165, 1.54) is 15.2 Å². The first-order valence-corrected chi connectivity index (χ1v) is 15.1. The standard InChI is InChI=1S/C33H34ClN7O3/c1-6-26(42)39-13-10-21(11-14-39)17-40-25-15-23(34)29(27-19(4)7-8-24-22(27)16-36-38-24)37-31(25)41(33(44)32(40)43)30-20(5)9-12-35-28(30)18(2)3/h6-9,12,15-16,18,21H,1,10-11,13-14,17H2,2-5H3,(H,36,38). The quantitative estimate of drug-likeness (QED) is 0.205. The van der Waals surface area contributed by atoms with Gasteiger partial charge in [0.1, 0.15) is 0 Å². The number of fused-ring (bicyclic) bond motifs is 2. The van der Waals surface area contributed by atoms with Crippen molar-refractivity contribution in [2.24, 2.45) is 5.92 Å². The van der Waals surface area contributed by atoms with Gasteiger partial charge >= 0.3 is 11.1 Å². The van der Waals surface area contributed by atoms with Gasteiger partial charge in [-0.1, -0.05) is 38.1 Å². The first-order chi connectivity index (χ1) is 21.1. The second kappa shape index (κ2) is 11.5. The number of nitrogens with one attached hydrogen (secondary N) is 1. The van der Waals surface area contributed by atoms with Gasteiger partial charge in [0.15, 0.2) is 5.65 Å². The Morgan fingerprint density at radius 3 is 2.59 bits per heavy atom. The molecule has 0 unspecified atom stereocenters. The number of nitrogens with zero attached hydrogens (tertiary/aromatic N) is 6. The number of aryl methyl sites for hydroxylation is 2. The highest BCUT2D eigenvalue weighted by Crippen LogP contribution is 2.36. The number of benzene rings is 1. The van der Waals surface area contributed by atoms with Gasteiger partial charge in [0.2, 0.25) is 5.91 Å². The number of amides is 1. The lowest BCUT2D eigenvalue weighted by Gasteiger charge is -2.32. The third-order valence-electron chi connectivity index (χ3n) is 8.61. The zero-order chi connectivity index (χ0) is 31.3. The summed E-state index contributed by atoms with van der Waals surface area (Å²) in [6, 6.07) is 7.49. The second-order valence-corrected chi connectivity index (χ2v) is 12.2. The smallest absolute Gasteiger partial charge is 0.322 e. The molecule has 0 saturated carbocycles. The summed E-state index contributed by atoms with van der Waals surface area (Å²) in [7, 11) is 0. The predicted octanol–water partition coefficient (Wildman–Crippen LogP) is 5.30. The molecular weight excluding hydrogens is 578 g/mol. The molecule has 5 heterocycles. The van der Waals surface area contributed by atoms with Crippen LogP contribution < -0.4 is 11.1 Å². The van der Waals surface area contributed by atoms with E-state index in [1.54, 1.807) is 23.4 Å². The van der Waals surface area contributed by atoms with Crippen molar-refractivity contribution in [1.82, 2.24) is 34.2 Å². The summed E-state index contributed by atoms with van der Waals surface area (Å²) in [5, 5.41) is 8.43. The molecule has 4 aromatic heterocycles. The van der Waals surface area contributed by atoms with Crippen molar-refractivity contribution in [1.29, 1.82) is 0 Å². The van der Waals surface area contributed by atoms with Gasteiger partial charge in [-0.3, -0.25) is 29.0 Å². The van der Waals surface area contributed by atoms with Crippen LogP contribution in [-0.4, -0.2) is 53.2 Å². The van der Waals surface area contributed by atoms with Gasteiger partial charge in [0.05, 0.1) is 39.3 Å². The minimum absolute atomic E-state index is 0.0218. The molecule has 1 N–H and O–H groups in total. The molecule has 11 heteroatoms. The maximum atomic E-state index is 14.2. The van der Waals surface area contributed by atoms with Crippen molar-refractivity contribution >= 4 is 39.6 Å². The molecule has 1 aromatic carbocycles. The van der Waals surface area contributed by atoms with Crippen LogP contribution in [0.1, 0.15) is 49.4 Å². The molecule has 0 atom stereocenters. The van der Waals surface area contributed by atoms with Crippen LogP contribution in [0, 0.1) is 19.8 Å². The number of H-pyrrole nitrogens is 1. The van der Waals surface area contributed by atoms with E-state index in [4.69, 9.17) is 16.6 Å². The zero-order valence-corrected chi connectivity index (χ0v) is 26.0. The van der Waals surface area contributed by atoms with Gasteiger partial charge in [-0.25, -0.2) is 4.98 Å². The Morgan fingerprint density at radius 2 is 1.89 bits per heavy atom. The summed E-state index contributed by atoms with van der Waals surface area (Å²) >= 11 is 7.00. The highest BCUT2D eigenvalue weighted by Gasteiger charge is 2.27. The maximum absolute atomic E-state index is 14.2. The fourth-order valence-corrected chi connectivity index (χ4v) is 6.50. The largest absolute Gasteiger partial charge is 0.339 e. The molecule has 0 aliphatic carbocycles. The van der Waals surface area contributed by atoms with Crippen molar-refractivity contribution in [3.8, 4) is 16.9 Å². The minimum atomic E-state index is -0.700. The Bertz CT molecular complexity index is 2070. The molecule has 0 radical (unpaired) electrons. The van der Waals surface area contributed by atoms with Crippen molar-refractivity contribution in [2.45, 2.75) is 53.0 Å². The van der Waals surface area contributed by atoms with E-state index < -0.39 is 11.1 Å². The molecule has 226 valence electrons. The normalized spacial score (nSPS) is 14.2. The van der Waals surface area contributed by atoms with Gasteiger partial charge < -0.3 is 9.47 Å². The Balaban J connectivity index is 1.62. The summed E-state index contributed by atoms with van der Waals surface area (Å²) in [5.74, 6) is -0.0499. The number of hydrogen-bond donors (Lipinski definition) is 1. The van der Waals surface area contributed by atoms with E-state index >= 15 is 0 Å². The number of piperidine rings is 1. The number of pyridine rings is 2. The van der Waals surface area contributed by atoms with Gasteiger partial charge in [-0.2, -0.15) is 5.10 Å². The van der Waals surface area contributed by atoms with Gasteiger partial charge in [-0.05, 0) is 73.9 Å². The first-order valence-electron chi connectivity index (χ1n) is 14.8. The van der Waals surface area contributed by atoms with Crippen LogP contribution in [0.25, 0.3) is 39.0 Å². The number of carbonyl (C=O) groups excluding carboxylic acids is 1. The Kier molecular flexibility index (Phi) is 7.71. The van der Waals surface area contributed by atoms with E-state index in [9.17, 15) is 14.4 Å². The van der Waals surface area contributed by atoms with Crippen molar-refractivity contribution in [3.05, 3.63) is 91.9 Å². The Hall–Kier alpha value is -4.57. The average molecular weight is 612 g/mol. The Morgan fingerprint density at radius 1 is 1.14 bits per heavy atom. The molecule has 1 saturated heterocycles. The molecule has 44 heavy (non-hydrogen) atoms.